The SMILES string of the molecule is C=C1C(=CC=C2CCC[C@]3(C)[C@@H]([C@@H](C)OCc4cccc(C(C)(C)O)c4)CC[C@@H]23)C[C@@H](O)C[C@@H]1O. The molecular weight excluding hydrogens is 436 g/mol. The van der Waals surface area contributed by atoms with E-state index in [1.54, 1.807) is 0 Å². The van der Waals surface area contributed by atoms with Gasteiger partial charge in [-0.2, -0.15) is 0 Å². The smallest absolute Gasteiger partial charge is 0.0840 e. The third-order valence-corrected chi connectivity index (χ3v) is 9.02. The van der Waals surface area contributed by atoms with Crippen molar-refractivity contribution in [3.8, 4) is 0 Å². The molecule has 0 amide bonds. The summed E-state index contributed by atoms with van der Waals surface area (Å²) in [6.45, 7) is 12.9. The molecule has 0 radical (unpaired) electrons. The lowest BCUT2D eigenvalue weighted by Crippen LogP contribution is -2.38. The average molecular weight is 481 g/mol. The lowest BCUT2D eigenvalue weighted by Gasteiger charge is -2.44. The highest BCUT2D eigenvalue weighted by Crippen LogP contribution is 2.58. The van der Waals surface area contributed by atoms with Crippen LogP contribution in [-0.4, -0.2) is 33.6 Å². The van der Waals surface area contributed by atoms with Crippen LogP contribution >= 0.6 is 0 Å². The van der Waals surface area contributed by atoms with Gasteiger partial charge in [0.05, 0.1) is 30.5 Å². The van der Waals surface area contributed by atoms with Crippen molar-refractivity contribution in [3.05, 3.63) is 70.8 Å². The van der Waals surface area contributed by atoms with E-state index in [1.807, 2.05) is 32.0 Å². The molecule has 192 valence electrons. The Hall–Kier alpha value is -1.72. The molecule has 0 heterocycles. The second kappa shape index (κ2) is 10.3. The molecule has 4 nitrogen and oxygen atoms in total. The first-order valence-electron chi connectivity index (χ1n) is 13.4. The number of benzene rings is 1. The van der Waals surface area contributed by atoms with Gasteiger partial charge in [-0.15, -0.1) is 0 Å². The van der Waals surface area contributed by atoms with Crippen molar-refractivity contribution in [3.63, 3.8) is 0 Å². The van der Waals surface area contributed by atoms with E-state index in [0.29, 0.717) is 31.3 Å². The van der Waals surface area contributed by atoms with E-state index >= 15 is 0 Å². The molecule has 35 heavy (non-hydrogen) atoms. The van der Waals surface area contributed by atoms with E-state index < -0.39 is 17.8 Å². The van der Waals surface area contributed by atoms with Crippen molar-refractivity contribution in [1.82, 2.24) is 0 Å². The van der Waals surface area contributed by atoms with Gasteiger partial charge in [0.2, 0.25) is 0 Å². The maximum atomic E-state index is 10.3. The van der Waals surface area contributed by atoms with Crippen molar-refractivity contribution in [2.24, 2.45) is 17.3 Å². The van der Waals surface area contributed by atoms with Crippen molar-refractivity contribution in [1.29, 1.82) is 0 Å². The molecular formula is C31H44O4. The molecule has 0 unspecified atom stereocenters. The maximum absolute atomic E-state index is 10.3. The summed E-state index contributed by atoms with van der Waals surface area (Å²) in [5, 5.41) is 30.6. The minimum absolute atomic E-state index is 0.164. The van der Waals surface area contributed by atoms with Gasteiger partial charge in [0, 0.05) is 6.42 Å². The normalized spacial score (nSPS) is 34.9. The Balaban J connectivity index is 1.45. The van der Waals surface area contributed by atoms with Crippen LogP contribution in [0, 0.1) is 17.3 Å². The zero-order valence-corrected chi connectivity index (χ0v) is 22.0. The van der Waals surface area contributed by atoms with E-state index in [1.165, 1.54) is 31.3 Å². The second-order valence-corrected chi connectivity index (χ2v) is 11.9. The quantitative estimate of drug-likeness (QED) is 0.470. The minimum Gasteiger partial charge on any atom is -0.393 e. The molecule has 3 fully saturated rings. The standard InChI is InChI=1S/C31H44O4/c1-20-24(17-26(32)18-29(20)33)12-11-23-9-7-15-31(5)27(13-14-28(23)31)21(2)35-19-22-8-6-10-25(16-22)30(3,4)34/h6,8,10-12,16,21,26-29,32-34H,1,7,9,13-15,17-19H2,2-5H3/t21-,26-,27-,28+,29+,31-/m1/s1. The van der Waals surface area contributed by atoms with Gasteiger partial charge < -0.3 is 20.1 Å². The summed E-state index contributed by atoms with van der Waals surface area (Å²) in [6.07, 6.45) is 10.2. The number of fused-ring (bicyclic) bond motifs is 1. The Labute approximate surface area is 211 Å². The van der Waals surface area contributed by atoms with Gasteiger partial charge in [0.15, 0.2) is 0 Å². The van der Waals surface area contributed by atoms with Crippen molar-refractivity contribution < 1.29 is 20.1 Å². The fourth-order valence-corrected chi connectivity index (χ4v) is 6.90. The van der Waals surface area contributed by atoms with Gasteiger partial charge in [-0.3, -0.25) is 0 Å². The van der Waals surface area contributed by atoms with Gasteiger partial charge in [-0.1, -0.05) is 55.5 Å². The summed E-state index contributed by atoms with van der Waals surface area (Å²) in [4.78, 5) is 0. The van der Waals surface area contributed by atoms with Gasteiger partial charge >= 0.3 is 0 Å². The summed E-state index contributed by atoms with van der Waals surface area (Å²) < 4.78 is 6.44. The summed E-state index contributed by atoms with van der Waals surface area (Å²) in [5.41, 5.74) is 4.62. The zero-order chi connectivity index (χ0) is 25.4. The van der Waals surface area contributed by atoms with Crippen LogP contribution in [0.25, 0.3) is 0 Å². The topological polar surface area (TPSA) is 69.9 Å². The monoisotopic (exact) mass is 480 g/mol. The highest BCUT2D eigenvalue weighted by Gasteiger charge is 2.51. The number of allylic oxidation sites excluding steroid dienone is 3. The molecule has 0 bridgehead atoms. The first-order valence-corrected chi connectivity index (χ1v) is 13.4. The average Bonchev–Trinajstić information content (AvgIpc) is 3.16. The number of rotatable bonds is 6. The van der Waals surface area contributed by atoms with Gasteiger partial charge in [0.1, 0.15) is 0 Å². The number of hydrogen-bond acceptors (Lipinski definition) is 4. The lowest BCUT2D eigenvalue weighted by molar-refractivity contribution is -0.0333. The van der Waals surface area contributed by atoms with Gasteiger partial charge in [-0.25, -0.2) is 0 Å². The molecule has 0 aromatic heterocycles. The third kappa shape index (κ3) is 5.67. The van der Waals surface area contributed by atoms with E-state index in [4.69, 9.17) is 4.74 Å². The number of hydrogen-bond donors (Lipinski definition) is 3. The van der Waals surface area contributed by atoms with Crippen LogP contribution in [0.4, 0.5) is 0 Å². The van der Waals surface area contributed by atoms with Crippen LogP contribution < -0.4 is 0 Å². The Bertz CT molecular complexity index is 984. The van der Waals surface area contributed by atoms with E-state index in [-0.39, 0.29) is 11.5 Å². The predicted octanol–water partition coefficient (Wildman–Crippen LogP) is 5.96. The Kier molecular flexibility index (Phi) is 7.78. The van der Waals surface area contributed by atoms with Crippen molar-refractivity contribution in [2.75, 3.05) is 0 Å². The maximum Gasteiger partial charge on any atom is 0.0840 e. The van der Waals surface area contributed by atoms with E-state index in [0.717, 1.165) is 28.7 Å². The highest BCUT2D eigenvalue weighted by atomic mass is 16.5. The van der Waals surface area contributed by atoms with Crippen molar-refractivity contribution >= 4 is 0 Å². The third-order valence-electron chi connectivity index (χ3n) is 9.02. The molecule has 3 saturated carbocycles. The van der Waals surface area contributed by atoms with Crippen LogP contribution in [0.3, 0.4) is 0 Å². The predicted molar refractivity (Wildman–Crippen MR) is 141 cm³/mol. The number of ether oxygens (including phenoxy) is 1. The molecule has 0 saturated heterocycles. The number of aliphatic hydroxyl groups is 3. The fourth-order valence-electron chi connectivity index (χ4n) is 6.90. The summed E-state index contributed by atoms with van der Waals surface area (Å²) in [5.74, 6) is 1.06. The largest absolute Gasteiger partial charge is 0.393 e. The molecule has 6 atom stereocenters. The molecule has 3 aliphatic carbocycles. The molecule has 3 aliphatic rings. The first kappa shape index (κ1) is 26.3. The molecule has 1 aromatic rings. The van der Waals surface area contributed by atoms with E-state index in [9.17, 15) is 15.3 Å². The van der Waals surface area contributed by atoms with Crippen LogP contribution in [0.5, 0.6) is 0 Å². The first-order chi connectivity index (χ1) is 16.5. The van der Waals surface area contributed by atoms with E-state index in [2.05, 4.69) is 38.6 Å². The minimum atomic E-state index is -0.853. The van der Waals surface area contributed by atoms with Crippen LogP contribution in [-0.2, 0) is 16.9 Å². The van der Waals surface area contributed by atoms with Crippen LogP contribution in [0.2, 0.25) is 0 Å². The molecule has 0 aliphatic heterocycles. The Morgan fingerprint density at radius 2 is 2.00 bits per heavy atom. The second-order valence-electron chi connectivity index (χ2n) is 11.9. The Morgan fingerprint density at radius 3 is 2.74 bits per heavy atom. The molecule has 3 N–H and O–H groups in total. The molecule has 4 heteroatoms. The lowest BCUT2D eigenvalue weighted by atomic mass is 9.62. The molecule has 0 spiro atoms. The molecule has 4 rings (SSSR count). The summed E-state index contributed by atoms with van der Waals surface area (Å²) >= 11 is 0. The highest BCUT2D eigenvalue weighted by molar-refractivity contribution is 5.38. The molecule has 1 aromatic carbocycles. The van der Waals surface area contributed by atoms with Gasteiger partial charge in [0.25, 0.3) is 0 Å². The Morgan fingerprint density at radius 1 is 1.23 bits per heavy atom. The summed E-state index contributed by atoms with van der Waals surface area (Å²) in [7, 11) is 0. The van der Waals surface area contributed by atoms with Crippen LogP contribution in [0.15, 0.2) is 59.7 Å². The zero-order valence-electron chi connectivity index (χ0n) is 22.0. The van der Waals surface area contributed by atoms with Crippen LogP contribution in [0.1, 0.15) is 83.8 Å². The summed E-state index contributed by atoms with van der Waals surface area (Å²) in [6, 6.07) is 8.08. The fraction of sp³-hybridized carbons (Fsp3) is 0.613. The number of aliphatic hydroxyl groups excluding tert-OH is 2. The van der Waals surface area contributed by atoms with Crippen molar-refractivity contribution in [2.45, 2.75) is 103 Å². The van der Waals surface area contributed by atoms with Gasteiger partial charge in [-0.05, 0) is 98.8 Å².